The Balaban J connectivity index is 3.05. The molecule has 0 saturated heterocycles. The molecule has 0 aliphatic heterocycles. The zero-order valence-corrected chi connectivity index (χ0v) is 10.2. The van der Waals surface area contributed by atoms with Crippen molar-refractivity contribution in [3.05, 3.63) is 23.8 Å². The lowest BCUT2D eigenvalue weighted by atomic mass is 10.0. The van der Waals surface area contributed by atoms with Crippen molar-refractivity contribution in [2.24, 2.45) is 5.92 Å². The zero-order valence-electron chi connectivity index (χ0n) is 10.2. The third kappa shape index (κ3) is 2.66. The molecule has 1 N–H and O–H groups in total. The smallest absolute Gasteiger partial charge is 0.143 e. The van der Waals surface area contributed by atoms with Gasteiger partial charge in [0.1, 0.15) is 11.8 Å². The van der Waals surface area contributed by atoms with Crippen LogP contribution in [0.1, 0.15) is 26.3 Å². The summed E-state index contributed by atoms with van der Waals surface area (Å²) in [5.41, 5.74) is 1.40. The van der Waals surface area contributed by atoms with Crippen LogP contribution in [-0.2, 0) is 0 Å². The van der Waals surface area contributed by atoms with Crippen LogP contribution in [-0.4, -0.2) is 13.2 Å². The van der Waals surface area contributed by atoms with Crippen molar-refractivity contribution in [1.82, 2.24) is 0 Å². The van der Waals surface area contributed by atoms with Crippen molar-refractivity contribution in [1.29, 1.82) is 5.26 Å². The van der Waals surface area contributed by atoms with Crippen molar-refractivity contribution in [3.8, 4) is 11.8 Å². The second kappa shape index (κ2) is 5.41. The number of methoxy groups -OCH3 is 1. The lowest BCUT2D eigenvalue weighted by molar-refractivity contribution is 0.415. The molecular weight excluding hydrogens is 200 g/mol. The Morgan fingerprint density at radius 2 is 2.00 bits per heavy atom. The Bertz CT molecular complexity index is 393. The predicted molar refractivity (Wildman–Crippen MR) is 65.6 cm³/mol. The third-order valence-electron chi connectivity index (χ3n) is 2.74. The minimum atomic E-state index is 0.295. The van der Waals surface area contributed by atoms with Gasteiger partial charge in [-0.05, 0) is 25.0 Å². The Hall–Kier alpha value is -1.69. The third-order valence-corrected chi connectivity index (χ3v) is 2.74. The maximum absolute atomic E-state index is 9.04. The molecular formula is C13H18N2O. The predicted octanol–water partition coefficient (Wildman–Crippen LogP) is 3.02. The molecule has 86 valence electrons. The van der Waals surface area contributed by atoms with E-state index in [2.05, 4.69) is 32.2 Å². The minimum Gasteiger partial charge on any atom is -0.495 e. The normalized spacial score (nSPS) is 12.0. The molecule has 0 amide bonds. The van der Waals surface area contributed by atoms with Crippen LogP contribution in [0.15, 0.2) is 18.2 Å². The number of hydrogen-bond donors (Lipinski definition) is 1. The van der Waals surface area contributed by atoms with Crippen LogP contribution >= 0.6 is 0 Å². The SMILES string of the molecule is COc1cccc(C#N)c1NC(C)C(C)C. The largest absolute Gasteiger partial charge is 0.495 e. The molecule has 1 atom stereocenters. The molecule has 0 radical (unpaired) electrons. The maximum Gasteiger partial charge on any atom is 0.143 e. The highest BCUT2D eigenvalue weighted by atomic mass is 16.5. The van der Waals surface area contributed by atoms with Crippen molar-refractivity contribution < 1.29 is 4.74 Å². The molecule has 1 unspecified atom stereocenters. The van der Waals surface area contributed by atoms with Crippen LogP contribution in [0.2, 0.25) is 0 Å². The molecule has 0 aliphatic carbocycles. The molecule has 1 aromatic carbocycles. The second-order valence-corrected chi connectivity index (χ2v) is 4.17. The molecule has 1 rings (SSSR count). The summed E-state index contributed by atoms with van der Waals surface area (Å²) in [7, 11) is 1.61. The van der Waals surface area contributed by atoms with E-state index in [0.717, 1.165) is 5.69 Å². The first-order chi connectivity index (χ1) is 7.60. The monoisotopic (exact) mass is 218 g/mol. The first-order valence-electron chi connectivity index (χ1n) is 5.43. The first-order valence-corrected chi connectivity index (χ1v) is 5.43. The van der Waals surface area contributed by atoms with Gasteiger partial charge in [0.05, 0.1) is 18.4 Å². The summed E-state index contributed by atoms with van der Waals surface area (Å²) in [6.07, 6.45) is 0. The molecule has 0 aromatic heterocycles. The highest BCUT2D eigenvalue weighted by molar-refractivity contribution is 5.66. The molecule has 0 bridgehead atoms. The molecule has 1 aromatic rings. The van der Waals surface area contributed by atoms with Gasteiger partial charge in [-0.1, -0.05) is 19.9 Å². The van der Waals surface area contributed by atoms with Crippen LogP contribution in [0.4, 0.5) is 5.69 Å². The van der Waals surface area contributed by atoms with Gasteiger partial charge >= 0.3 is 0 Å². The number of benzene rings is 1. The van der Waals surface area contributed by atoms with E-state index in [1.54, 1.807) is 13.2 Å². The van der Waals surface area contributed by atoms with Gasteiger partial charge in [0, 0.05) is 6.04 Å². The first kappa shape index (κ1) is 12.4. The van der Waals surface area contributed by atoms with E-state index >= 15 is 0 Å². The standard InChI is InChI=1S/C13H18N2O/c1-9(2)10(3)15-13-11(8-14)6-5-7-12(13)16-4/h5-7,9-10,15H,1-4H3. The number of nitrogens with one attached hydrogen (secondary N) is 1. The fraction of sp³-hybridized carbons (Fsp3) is 0.462. The Morgan fingerprint density at radius 3 is 2.50 bits per heavy atom. The topological polar surface area (TPSA) is 45.0 Å². The molecule has 3 heteroatoms. The molecule has 3 nitrogen and oxygen atoms in total. The van der Waals surface area contributed by atoms with Crippen molar-refractivity contribution >= 4 is 5.69 Å². The lowest BCUT2D eigenvalue weighted by Crippen LogP contribution is -2.22. The fourth-order valence-corrected chi connectivity index (χ4v) is 1.34. The van der Waals surface area contributed by atoms with Crippen LogP contribution in [0.25, 0.3) is 0 Å². The Labute approximate surface area is 97.0 Å². The Kier molecular flexibility index (Phi) is 4.19. The number of para-hydroxylation sites is 1. The summed E-state index contributed by atoms with van der Waals surface area (Å²) < 4.78 is 5.25. The van der Waals surface area contributed by atoms with E-state index in [9.17, 15) is 0 Å². The van der Waals surface area contributed by atoms with E-state index in [-0.39, 0.29) is 0 Å². The summed E-state index contributed by atoms with van der Waals surface area (Å²) in [5, 5.41) is 12.4. The van der Waals surface area contributed by atoms with Gasteiger partial charge in [0.25, 0.3) is 0 Å². The molecule has 16 heavy (non-hydrogen) atoms. The van der Waals surface area contributed by atoms with E-state index in [4.69, 9.17) is 10.00 Å². The maximum atomic E-state index is 9.04. The van der Waals surface area contributed by atoms with E-state index in [1.165, 1.54) is 0 Å². The molecule has 0 spiro atoms. The Morgan fingerprint density at radius 1 is 1.31 bits per heavy atom. The average molecular weight is 218 g/mol. The van der Waals surface area contributed by atoms with Crippen LogP contribution in [0, 0.1) is 17.2 Å². The van der Waals surface area contributed by atoms with Gasteiger partial charge in [-0.2, -0.15) is 5.26 Å². The van der Waals surface area contributed by atoms with Crippen LogP contribution < -0.4 is 10.1 Å². The van der Waals surface area contributed by atoms with Gasteiger partial charge in [0.15, 0.2) is 0 Å². The quantitative estimate of drug-likeness (QED) is 0.844. The highest BCUT2D eigenvalue weighted by Gasteiger charge is 2.13. The van der Waals surface area contributed by atoms with E-state index in [0.29, 0.717) is 23.3 Å². The van der Waals surface area contributed by atoms with E-state index in [1.807, 2.05) is 12.1 Å². The summed E-state index contributed by atoms with van der Waals surface area (Å²) in [6.45, 7) is 6.37. The summed E-state index contributed by atoms with van der Waals surface area (Å²) in [4.78, 5) is 0. The highest BCUT2D eigenvalue weighted by Crippen LogP contribution is 2.29. The zero-order chi connectivity index (χ0) is 12.1. The van der Waals surface area contributed by atoms with Crippen LogP contribution in [0.3, 0.4) is 0 Å². The number of ether oxygens (including phenoxy) is 1. The summed E-state index contributed by atoms with van der Waals surface area (Å²) in [5.74, 6) is 1.21. The number of rotatable bonds is 4. The van der Waals surface area contributed by atoms with Crippen molar-refractivity contribution in [3.63, 3.8) is 0 Å². The molecule has 0 heterocycles. The number of nitrogens with zero attached hydrogens (tertiary/aromatic N) is 1. The van der Waals surface area contributed by atoms with Gasteiger partial charge in [-0.3, -0.25) is 0 Å². The van der Waals surface area contributed by atoms with Crippen LogP contribution in [0.5, 0.6) is 5.75 Å². The second-order valence-electron chi connectivity index (χ2n) is 4.17. The minimum absolute atomic E-state index is 0.295. The average Bonchev–Trinajstić information content (AvgIpc) is 2.29. The number of anilines is 1. The fourth-order valence-electron chi connectivity index (χ4n) is 1.34. The molecule has 0 aliphatic rings. The lowest BCUT2D eigenvalue weighted by Gasteiger charge is -2.21. The van der Waals surface area contributed by atoms with E-state index < -0.39 is 0 Å². The number of hydrogen-bond acceptors (Lipinski definition) is 3. The molecule has 0 fully saturated rings. The van der Waals surface area contributed by atoms with Crippen molar-refractivity contribution in [2.45, 2.75) is 26.8 Å². The summed E-state index contributed by atoms with van der Waals surface area (Å²) >= 11 is 0. The van der Waals surface area contributed by atoms with Gasteiger partial charge in [-0.15, -0.1) is 0 Å². The molecule has 0 saturated carbocycles. The summed E-state index contributed by atoms with van der Waals surface area (Å²) in [6, 6.07) is 7.94. The van der Waals surface area contributed by atoms with Gasteiger partial charge in [0.2, 0.25) is 0 Å². The van der Waals surface area contributed by atoms with Gasteiger partial charge < -0.3 is 10.1 Å². The van der Waals surface area contributed by atoms with Gasteiger partial charge in [-0.25, -0.2) is 0 Å². The van der Waals surface area contributed by atoms with Crippen molar-refractivity contribution in [2.75, 3.05) is 12.4 Å². The number of nitriles is 1.